The van der Waals surface area contributed by atoms with Crippen LogP contribution in [-0.2, 0) is 9.59 Å². The molecule has 2 aromatic rings. The van der Waals surface area contributed by atoms with E-state index in [4.69, 9.17) is 4.74 Å². The lowest BCUT2D eigenvalue weighted by atomic mass is 10.2. The van der Waals surface area contributed by atoms with E-state index in [2.05, 4.69) is 42.5 Å². The molecule has 1 heterocycles. The number of anilines is 1. The molecule has 0 saturated carbocycles. The smallest absolute Gasteiger partial charge is 0.329 e. The van der Waals surface area contributed by atoms with E-state index in [0.717, 1.165) is 4.90 Å². The van der Waals surface area contributed by atoms with E-state index >= 15 is 0 Å². The SMILES string of the molecule is CCOc1c(Br)cc(/C=C2/NC(=O)N(CC(=O)Nc3ccccc3F)C2=O)cc1Br. The minimum absolute atomic E-state index is 0.0154. The van der Waals surface area contributed by atoms with Gasteiger partial charge in [0.25, 0.3) is 5.91 Å². The first-order valence-corrected chi connectivity index (χ1v) is 10.4. The molecular weight excluding hydrogens is 525 g/mol. The minimum Gasteiger partial charge on any atom is -0.492 e. The molecule has 0 bridgehead atoms. The minimum atomic E-state index is -0.737. The largest absolute Gasteiger partial charge is 0.492 e. The van der Waals surface area contributed by atoms with E-state index in [1.165, 1.54) is 24.3 Å². The van der Waals surface area contributed by atoms with Gasteiger partial charge in [-0.1, -0.05) is 12.1 Å². The topological polar surface area (TPSA) is 87.7 Å². The van der Waals surface area contributed by atoms with Crippen LogP contribution >= 0.6 is 31.9 Å². The van der Waals surface area contributed by atoms with E-state index in [-0.39, 0.29) is 11.4 Å². The predicted molar refractivity (Wildman–Crippen MR) is 116 cm³/mol. The van der Waals surface area contributed by atoms with Crippen molar-refractivity contribution in [1.29, 1.82) is 0 Å². The molecule has 7 nitrogen and oxygen atoms in total. The van der Waals surface area contributed by atoms with Crippen LogP contribution in [0, 0.1) is 5.82 Å². The second-order valence-corrected chi connectivity index (χ2v) is 7.86. The number of rotatable bonds is 6. The summed E-state index contributed by atoms with van der Waals surface area (Å²) >= 11 is 6.81. The highest BCUT2D eigenvalue weighted by Crippen LogP contribution is 2.35. The molecular formula is C20H16Br2FN3O4. The Morgan fingerprint density at radius 3 is 2.53 bits per heavy atom. The zero-order valence-electron chi connectivity index (χ0n) is 15.7. The number of amides is 4. The van der Waals surface area contributed by atoms with Crippen LogP contribution < -0.4 is 15.4 Å². The average Bonchev–Trinajstić information content (AvgIpc) is 2.94. The lowest BCUT2D eigenvalue weighted by molar-refractivity contribution is -0.127. The molecule has 2 aromatic carbocycles. The quantitative estimate of drug-likeness (QED) is 0.423. The highest BCUT2D eigenvalue weighted by Gasteiger charge is 2.35. The Kier molecular flexibility index (Phi) is 6.88. The Labute approximate surface area is 188 Å². The van der Waals surface area contributed by atoms with Gasteiger partial charge in [0.2, 0.25) is 5.91 Å². The van der Waals surface area contributed by atoms with Crippen LogP contribution in [0.25, 0.3) is 6.08 Å². The second kappa shape index (κ2) is 9.40. The summed E-state index contributed by atoms with van der Waals surface area (Å²) in [6.07, 6.45) is 1.49. The summed E-state index contributed by atoms with van der Waals surface area (Å²) in [7, 11) is 0. The van der Waals surface area contributed by atoms with Gasteiger partial charge in [-0.3, -0.25) is 9.59 Å². The van der Waals surface area contributed by atoms with Crippen molar-refractivity contribution in [2.24, 2.45) is 0 Å². The van der Waals surface area contributed by atoms with Gasteiger partial charge in [-0.2, -0.15) is 0 Å². The van der Waals surface area contributed by atoms with Crippen molar-refractivity contribution < 1.29 is 23.5 Å². The van der Waals surface area contributed by atoms with Gasteiger partial charge in [-0.05, 0) is 74.7 Å². The molecule has 156 valence electrons. The van der Waals surface area contributed by atoms with Crippen LogP contribution in [-0.4, -0.2) is 35.9 Å². The molecule has 30 heavy (non-hydrogen) atoms. The predicted octanol–water partition coefficient (Wildman–Crippen LogP) is 4.28. The zero-order chi connectivity index (χ0) is 21.8. The molecule has 0 atom stereocenters. The van der Waals surface area contributed by atoms with Crippen LogP contribution in [0.4, 0.5) is 14.9 Å². The average molecular weight is 541 g/mol. The van der Waals surface area contributed by atoms with Gasteiger partial charge in [0, 0.05) is 0 Å². The van der Waals surface area contributed by atoms with Crippen LogP contribution in [0.15, 0.2) is 51.0 Å². The Balaban J connectivity index is 1.74. The molecule has 1 aliphatic heterocycles. The maximum Gasteiger partial charge on any atom is 0.329 e. The zero-order valence-corrected chi connectivity index (χ0v) is 18.8. The molecule has 0 aliphatic carbocycles. The van der Waals surface area contributed by atoms with E-state index < -0.39 is 30.2 Å². The number of carbonyl (C=O) groups is 3. The number of hydrogen-bond donors (Lipinski definition) is 2. The Bertz CT molecular complexity index is 1040. The third-order valence-electron chi connectivity index (χ3n) is 4.03. The van der Waals surface area contributed by atoms with Crippen LogP contribution in [0.1, 0.15) is 12.5 Å². The molecule has 3 rings (SSSR count). The van der Waals surface area contributed by atoms with Crippen molar-refractivity contribution in [2.75, 3.05) is 18.5 Å². The first-order chi connectivity index (χ1) is 14.3. The van der Waals surface area contributed by atoms with Crippen molar-refractivity contribution in [3.8, 4) is 5.75 Å². The number of urea groups is 1. The second-order valence-electron chi connectivity index (χ2n) is 6.15. The van der Waals surface area contributed by atoms with Crippen molar-refractivity contribution in [3.05, 3.63) is 62.4 Å². The maximum atomic E-state index is 13.7. The highest BCUT2D eigenvalue weighted by molar-refractivity contribution is 9.11. The summed E-state index contributed by atoms with van der Waals surface area (Å²) in [5, 5.41) is 4.79. The van der Waals surface area contributed by atoms with E-state index in [0.29, 0.717) is 26.9 Å². The third-order valence-corrected chi connectivity index (χ3v) is 5.21. The third kappa shape index (κ3) is 4.88. The van der Waals surface area contributed by atoms with E-state index in [1.54, 1.807) is 18.2 Å². The number of ether oxygens (including phenoxy) is 1. The fourth-order valence-corrected chi connectivity index (χ4v) is 4.17. The number of imide groups is 1. The van der Waals surface area contributed by atoms with Gasteiger partial charge in [0.1, 0.15) is 23.8 Å². The maximum absolute atomic E-state index is 13.7. The van der Waals surface area contributed by atoms with Crippen molar-refractivity contribution in [2.45, 2.75) is 6.92 Å². The number of halogens is 3. The summed E-state index contributed by atoms with van der Waals surface area (Å²) in [6, 6.07) is 8.34. The molecule has 1 saturated heterocycles. The first-order valence-electron chi connectivity index (χ1n) is 8.81. The van der Waals surface area contributed by atoms with Gasteiger partial charge in [-0.25, -0.2) is 14.1 Å². The van der Waals surface area contributed by atoms with Crippen LogP contribution in [0.2, 0.25) is 0 Å². The summed E-state index contributed by atoms with van der Waals surface area (Å²) in [4.78, 5) is 37.7. The number of nitrogens with one attached hydrogen (secondary N) is 2. The van der Waals surface area contributed by atoms with Gasteiger partial charge in [0.15, 0.2) is 0 Å². The highest BCUT2D eigenvalue weighted by atomic mass is 79.9. The number of hydrogen-bond acceptors (Lipinski definition) is 4. The summed E-state index contributed by atoms with van der Waals surface area (Å²) < 4.78 is 20.5. The first kappa shape index (κ1) is 22.0. The van der Waals surface area contributed by atoms with Crippen LogP contribution in [0.5, 0.6) is 5.75 Å². The Morgan fingerprint density at radius 2 is 1.90 bits per heavy atom. The lowest BCUT2D eigenvalue weighted by Gasteiger charge is -2.12. The van der Waals surface area contributed by atoms with Crippen molar-refractivity contribution in [3.63, 3.8) is 0 Å². The molecule has 0 radical (unpaired) electrons. The molecule has 1 aliphatic rings. The Morgan fingerprint density at radius 1 is 1.23 bits per heavy atom. The van der Waals surface area contributed by atoms with Gasteiger partial charge >= 0.3 is 6.03 Å². The van der Waals surface area contributed by atoms with E-state index in [1.807, 2.05) is 6.92 Å². The summed E-state index contributed by atoms with van der Waals surface area (Å²) in [5.41, 5.74) is 0.606. The fourth-order valence-electron chi connectivity index (χ4n) is 2.72. The van der Waals surface area contributed by atoms with Crippen LogP contribution in [0.3, 0.4) is 0 Å². The van der Waals surface area contributed by atoms with Crippen molar-refractivity contribution >= 4 is 61.5 Å². The molecule has 4 amide bonds. The van der Waals surface area contributed by atoms with E-state index in [9.17, 15) is 18.8 Å². The van der Waals surface area contributed by atoms with Crippen molar-refractivity contribution in [1.82, 2.24) is 10.2 Å². The fraction of sp³-hybridized carbons (Fsp3) is 0.150. The molecule has 0 aromatic heterocycles. The molecule has 0 spiro atoms. The normalized spacial score (nSPS) is 14.8. The number of benzene rings is 2. The van der Waals surface area contributed by atoms with Gasteiger partial charge in [-0.15, -0.1) is 0 Å². The lowest BCUT2D eigenvalue weighted by Crippen LogP contribution is -2.38. The molecule has 10 heteroatoms. The summed E-state index contributed by atoms with van der Waals surface area (Å²) in [6.45, 7) is 1.79. The number of nitrogens with zero attached hydrogens (tertiary/aromatic N) is 1. The monoisotopic (exact) mass is 539 g/mol. The summed E-state index contributed by atoms with van der Waals surface area (Å²) in [5.74, 6) is -1.36. The molecule has 2 N–H and O–H groups in total. The standard InChI is InChI=1S/C20H16Br2FN3O4/c1-2-30-18-12(21)7-11(8-13(18)22)9-16-19(28)26(20(29)25-16)10-17(27)24-15-6-4-3-5-14(15)23/h3-9H,2,10H2,1H3,(H,24,27)(H,25,29)/b16-9+. The molecule has 0 unspecified atom stereocenters. The molecule has 1 fully saturated rings. The number of carbonyl (C=O) groups excluding carboxylic acids is 3. The number of para-hydroxylation sites is 1. The Hall–Kier alpha value is -2.72. The van der Waals surface area contributed by atoms with Gasteiger partial charge < -0.3 is 15.4 Å². The van der Waals surface area contributed by atoms with Gasteiger partial charge in [0.05, 0.1) is 21.2 Å².